The molecule has 0 spiro atoms. The number of hydrogen-bond donors (Lipinski definition) is 0. The number of nitrogens with zero attached hydrogens (tertiary/aromatic N) is 1. The van der Waals surface area contributed by atoms with Crippen LogP contribution in [0.4, 0.5) is 0 Å². The van der Waals surface area contributed by atoms with E-state index in [0.29, 0.717) is 13.2 Å². The Bertz CT molecular complexity index is 304. The molecule has 1 saturated heterocycles. The Labute approximate surface area is 83.1 Å². The highest BCUT2D eigenvalue weighted by Crippen LogP contribution is 2.19. The van der Waals surface area contributed by atoms with Crippen molar-refractivity contribution in [2.75, 3.05) is 13.2 Å². The first kappa shape index (κ1) is 9.34. The van der Waals surface area contributed by atoms with Gasteiger partial charge in [-0.25, -0.2) is 0 Å². The van der Waals surface area contributed by atoms with Gasteiger partial charge in [0.05, 0.1) is 0 Å². The normalized spacial score (nSPS) is 18.0. The van der Waals surface area contributed by atoms with Crippen molar-refractivity contribution >= 4 is 5.78 Å². The Morgan fingerprint density at radius 2 is 1.93 bits per heavy atom. The molecule has 1 aromatic heterocycles. The van der Waals surface area contributed by atoms with Crippen molar-refractivity contribution in [2.24, 2.45) is 5.92 Å². The van der Waals surface area contributed by atoms with Crippen LogP contribution in [0.1, 0.15) is 23.2 Å². The van der Waals surface area contributed by atoms with Crippen LogP contribution in [-0.2, 0) is 4.74 Å². The fraction of sp³-hybridized carbons (Fsp3) is 0.455. The molecule has 0 amide bonds. The van der Waals surface area contributed by atoms with Crippen LogP contribution in [0.15, 0.2) is 24.5 Å². The van der Waals surface area contributed by atoms with Crippen LogP contribution < -0.4 is 0 Å². The molecule has 2 heterocycles. The van der Waals surface area contributed by atoms with E-state index in [0.717, 1.165) is 18.4 Å². The van der Waals surface area contributed by atoms with E-state index in [1.165, 1.54) is 0 Å². The summed E-state index contributed by atoms with van der Waals surface area (Å²) in [4.78, 5) is 15.8. The summed E-state index contributed by atoms with van der Waals surface area (Å²) in [6, 6.07) is 3.55. The summed E-state index contributed by atoms with van der Waals surface area (Å²) in [5.74, 6) is 0.377. The molecule has 0 bridgehead atoms. The lowest BCUT2D eigenvalue weighted by Crippen LogP contribution is -2.23. The standard InChI is InChI=1S/C11H13NO2/c13-11(9-1-5-12-6-2-9)10-3-7-14-8-4-10/h1-2,5-6,10H,3-4,7-8H2. The number of rotatable bonds is 2. The molecular weight excluding hydrogens is 178 g/mol. The second-order valence-electron chi connectivity index (χ2n) is 3.49. The predicted octanol–water partition coefficient (Wildman–Crippen LogP) is 1.69. The molecule has 2 rings (SSSR count). The highest BCUT2D eigenvalue weighted by Gasteiger charge is 2.22. The number of ketones is 1. The van der Waals surface area contributed by atoms with Gasteiger partial charge in [0.2, 0.25) is 0 Å². The van der Waals surface area contributed by atoms with E-state index in [2.05, 4.69) is 4.98 Å². The number of Topliss-reactive ketones (excluding diaryl/α,β-unsaturated/α-hetero) is 1. The molecule has 1 fully saturated rings. The molecule has 14 heavy (non-hydrogen) atoms. The number of carbonyl (C=O) groups is 1. The van der Waals surface area contributed by atoms with E-state index in [9.17, 15) is 4.79 Å². The van der Waals surface area contributed by atoms with Crippen LogP contribution >= 0.6 is 0 Å². The highest BCUT2D eigenvalue weighted by molar-refractivity contribution is 5.97. The van der Waals surface area contributed by atoms with Crippen LogP contribution in [0.25, 0.3) is 0 Å². The molecule has 0 N–H and O–H groups in total. The molecule has 0 aliphatic carbocycles. The van der Waals surface area contributed by atoms with Gasteiger partial charge in [-0.15, -0.1) is 0 Å². The Hall–Kier alpha value is -1.22. The fourth-order valence-electron chi connectivity index (χ4n) is 1.71. The summed E-state index contributed by atoms with van der Waals surface area (Å²) in [6.07, 6.45) is 5.02. The number of pyridine rings is 1. The maximum Gasteiger partial charge on any atom is 0.166 e. The van der Waals surface area contributed by atoms with Gasteiger partial charge in [-0.2, -0.15) is 0 Å². The van der Waals surface area contributed by atoms with Crippen LogP contribution in [0.5, 0.6) is 0 Å². The molecule has 74 valence electrons. The monoisotopic (exact) mass is 191 g/mol. The Morgan fingerprint density at radius 3 is 2.57 bits per heavy atom. The lowest BCUT2D eigenvalue weighted by molar-refractivity contribution is 0.0545. The number of carbonyl (C=O) groups excluding carboxylic acids is 1. The molecule has 1 aliphatic heterocycles. The van der Waals surface area contributed by atoms with E-state index < -0.39 is 0 Å². The van der Waals surface area contributed by atoms with Crippen LogP contribution in [-0.4, -0.2) is 24.0 Å². The van der Waals surface area contributed by atoms with Gasteiger partial charge < -0.3 is 4.74 Å². The summed E-state index contributed by atoms with van der Waals surface area (Å²) in [5, 5.41) is 0. The van der Waals surface area contributed by atoms with E-state index >= 15 is 0 Å². The zero-order chi connectivity index (χ0) is 9.80. The van der Waals surface area contributed by atoms with Crippen molar-refractivity contribution in [3.63, 3.8) is 0 Å². The Kier molecular flexibility index (Phi) is 2.89. The maximum absolute atomic E-state index is 11.9. The maximum atomic E-state index is 11.9. The molecule has 0 aromatic carbocycles. The number of ether oxygens (including phenoxy) is 1. The van der Waals surface area contributed by atoms with Crippen LogP contribution in [0.2, 0.25) is 0 Å². The number of hydrogen-bond acceptors (Lipinski definition) is 3. The Morgan fingerprint density at radius 1 is 1.29 bits per heavy atom. The van der Waals surface area contributed by atoms with E-state index in [-0.39, 0.29) is 11.7 Å². The zero-order valence-corrected chi connectivity index (χ0v) is 7.98. The summed E-state index contributed by atoms with van der Waals surface area (Å²) < 4.78 is 5.22. The summed E-state index contributed by atoms with van der Waals surface area (Å²) >= 11 is 0. The van der Waals surface area contributed by atoms with Gasteiger partial charge in [-0.1, -0.05) is 0 Å². The summed E-state index contributed by atoms with van der Waals surface area (Å²) in [6.45, 7) is 1.42. The van der Waals surface area contributed by atoms with Crippen LogP contribution in [0.3, 0.4) is 0 Å². The van der Waals surface area contributed by atoms with Crippen molar-refractivity contribution in [2.45, 2.75) is 12.8 Å². The average molecular weight is 191 g/mol. The molecular formula is C11H13NO2. The zero-order valence-electron chi connectivity index (χ0n) is 7.98. The highest BCUT2D eigenvalue weighted by atomic mass is 16.5. The van der Waals surface area contributed by atoms with E-state index in [4.69, 9.17) is 4.74 Å². The molecule has 0 radical (unpaired) electrons. The third kappa shape index (κ3) is 1.99. The molecule has 0 atom stereocenters. The lowest BCUT2D eigenvalue weighted by atomic mass is 9.91. The third-order valence-electron chi connectivity index (χ3n) is 2.56. The molecule has 3 nitrogen and oxygen atoms in total. The van der Waals surface area contributed by atoms with Crippen molar-refractivity contribution < 1.29 is 9.53 Å². The SMILES string of the molecule is O=C(c1ccncc1)C1CCOCC1. The molecule has 1 aliphatic rings. The lowest BCUT2D eigenvalue weighted by Gasteiger charge is -2.20. The van der Waals surface area contributed by atoms with Crippen molar-refractivity contribution in [3.05, 3.63) is 30.1 Å². The largest absolute Gasteiger partial charge is 0.381 e. The average Bonchev–Trinajstić information content (AvgIpc) is 2.30. The van der Waals surface area contributed by atoms with E-state index in [1.807, 2.05) is 0 Å². The quantitative estimate of drug-likeness (QED) is 0.668. The molecule has 0 saturated carbocycles. The first-order chi connectivity index (χ1) is 6.88. The van der Waals surface area contributed by atoms with Crippen LogP contribution in [0, 0.1) is 5.92 Å². The van der Waals surface area contributed by atoms with Crippen molar-refractivity contribution in [1.29, 1.82) is 0 Å². The van der Waals surface area contributed by atoms with Gasteiger partial charge in [0, 0.05) is 37.1 Å². The minimum absolute atomic E-state index is 0.145. The molecule has 0 unspecified atom stereocenters. The summed E-state index contributed by atoms with van der Waals surface area (Å²) in [7, 11) is 0. The van der Waals surface area contributed by atoms with Gasteiger partial charge in [-0.05, 0) is 25.0 Å². The fourth-order valence-corrected chi connectivity index (χ4v) is 1.71. The van der Waals surface area contributed by atoms with Gasteiger partial charge in [0.25, 0.3) is 0 Å². The molecule has 1 aromatic rings. The second-order valence-corrected chi connectivity index (χ2v) is 3.49. The predicted molar refractivity (Wildman–Crippen MR) is 52.1 cm³/mol. The minimum Gasteiger partial charge on any atom is -0.381 e. The van der Waals surface area contributed by atoms with E-state index in [1.54, 1.807) is 24.5 Å². The van der Waals surface area contributed by atoms with Crippen molar-refractivity contribution in [1.82, 2.24) is 4.98 Å². The third-order valence-corrected chi connectivity index (χ3v) is 2.56. The number of aromatic nitrogens is 1. The Balaban J connectivity index is 2.07. The van der Waals surface area contributed by atoms with Gasteiger partial charge in [-0.3, -0.25) is 9.78 Å². The van der Waals surface area contributed by atoms with Gasteiger partial charge in [0.15, 0.2) is 5.78 Å². The second kappa shape index (κ2) is 4.33. The first-order valence-corrected chi connectivity index (χ1v) is 4.90. The summed E-state index contributed by atoms with van der Waals surface area (Å²) in [5.41, 5.74) is 0.770. The molecule has 3 heteroatoms. The smallest absolute Gasteiger partial charge is 0.166 e. The van der Waals surface area contributed by atoms with Gasteiger partial charge in [0.1, 0.15) is 0 Å². The minimum atomic E-state index is 0.145. The van der Waals surface area contributed by atoms with Crippen molar-refractivity contribution in [3.8, 4) is 0 Å². The topological polar surface area (TPSA) is 39.2 Å². The van der Waals surface area contributed by atoms with Gasteiger partial charge >= 0.3 is 0 Å². The first-order valence-electron chi connectivity index (χ1n) is 4.90.